The van der Waals surface area contributed by atoms with Crippen molar-refractivity contribution in [3.8, 4) is 22.4 Å². The Labute approximate surface area is 184 Å². The molecule has 0 N–H and O–H groups in total. The van der Waals surface area contributed by atoms with Gasteiger partial charge in [0.05, 0.1) is 22.1 Å². The fourth-order valence-electron chi connectivity index (χ4n) is 4.25. The molecule has 1 aromatic carbocycles. The van der Waals surface area contributed by atoms with Crippen LogP contribution in [0.1, 0.15) is 0 Å². The fourth-order valence-corrected chi connectivity index (χ4v) is 5.13. The Bertz CT molecular complexity index is 1360. The van der Waals surface area contributed by atoms with Gasteiger partial charge in [-0.1, -0.05) is 12.1 Å². The zero-order chi connectivity index (χ0) is 20.8. The first-order chi connectivity index (χ1) is 15.3. The van der Waals surface area contributed by atoms with Crippen molar-refractivity contribution < 1.29 is 0 Å². The third-order valence-electron chi connectivity index (χ3n) is 6.10. The van der Waals surface area contributed by atoms with Gasteiger partial charge in [0.15, 0.2) is 0 Å². The van der Waals surface area contributed by atoms with E-state index in [-0.39, 0.29) is 0 Å². The van der Waals surface area contributed by atoms with Crippen molar-refractivity contribution >= 4 is 32.9 Å². The van der Waals surface area contributed by atoms with Crippen LogP contribution in [-0.4, -0.2) is 57.5 Å². The van der Waals surface area contributed by atoms with Gasteiger partial charge in [-0.25, -0.2) is 15.0 Å². The maximum absolute atomic E-state index is 4.68. The summed E-state index contributed by atoms with van der Waals surface area (Å²) in [6, 6.07) is 13.2. The number of benzene rings is 1. The summed E-state index contributed by atoms with van der Waals surface area (Å²) >= 11 is 1.66. The van der Waals surface area contributed by atoms with Gasteiger partial charge in [0.25, 0.3) is 0 Å². The molecule has 0 radical (unpaired) electrons. The van der Waals surface area contributed by atoms with E-state index < -0.39 is 0 Å². The minimum absolute atomic E-state index is 0.934. The van der Waals surface area contributed by atoms with Gasteiger partial charge in [0.1, 0.15) is 12.0 Å². The average molecular weight is 427 g/mol. The predicted octanol–water partition coefficient (Wildman–Crippen LogP) is 4.42. The lowest BCUT2D eigenvalue weighted by Gasteiger charge is -2.34. The van der Waals surface area contributed by atoms with E-state index in [0.717, 1.165) is 53.3 Å². The molecule has 0 saturated carbocycles. The molecule has 1 aliphatic rings. The Hall–Kier alpha value is -3.29. The number of pyridine rings is 1. The minimum atomic E-state index is 0.934. The summed E-state index contributed by atoms with van der Waals surface area (Å²) in [7, 11) is 2.19. The normalized spacial score (nSPS) is 15.2. The molecule has 0 aliphatic carbocycles. The molecule has 0 unspecified atom stereocenters. The number of nitrogens with zero attached hydrogens (tertiary/aromatic N) is 6. The Kier molecular flexibility index (Phi) is 4.44. The zero-order valence-corrected chi connectivity index (χ0v) is 18.1. The SMILES string of the molecule is CN1CCN(c2ccc(-c3ccn4c(-c5csc6cncnc56)cnc4c3)cc2)CC1. The standard InChI is InChI=1S/C24H22N6S/c1-28-8-10-29(11-9-28)19-4-2-17(3-5-19)18-6-7-30-21(13-26-23(30)12-18)20-15-31-22-14-25-16-27-24(20)22/h2-7,12-16H,8-11H2,1H3. The van der Waals surface area contributed by atoms with Crippen molar-refractivity contribution in [1.82, 2.24) is 24.3 Å². The van der Waals surface area contributed by atoms with Crippen LogP contribution in [-0.2, 0) is 0 Å². The molecule has 1 fully saturated rings. The lowest BCUT2D eigenvalue weighted by molar-refractivity contribution is 0.313. The number of fused-ring (bicyclic) bond motifs is 2. The molecular formula is C24H22N6S. The van der Waals surface area contributed by atoms with Gasteiger partial charge in [0, 0.05) is 55.2 Å². The molecule has 31 heavy (non-hydrogen) atoms. The van der Waals surface area contributed by atoms with E-state index in [1.807, 2.05) is 12.4 Å². The van der Waals surface area contributed by atoms with Gasteiger partial charge in [-0.05, 0) is 42.4 Å². The molecule has 1 aliphatic heterocycles. The number of hydrogen-bond acceptors (Lipinski definition) is 6. The summed E-state index contributed by atoms with van der Waals surface area (Å²) in [6.07, 6.45) is 7.50. The van der Waals surface area contributed by atoms with E-state index in [4.69, 9.17) is 0 Å². The number of aromatic nitrogens is 4. The second-order valence-electron chi connectivity index (χ2n) is 8.01. The number of likely N-dealkylation sites (N-methyl/N-ethyl adjacent to an activating group) is 1. The Morgan fingerprint density at radius 2 is 1.74 bits per heavy atom. The largest absolute Gasteiger partial charge is 0.369 e. The average Bonchev–Trinajstić information content (AvgIpc) is 3.43. The van der Waals surface area contributed by atoms with Crippen LogP contribution in [0, 0.1) is 0 Å². The molecule has 0 atom stereocenters. The van der Waals surface area contributed by atoms with E-state index in [0.29, 0.717) is 0 Å². The van der Waals surface area contributed by atoms with Gasteiger partial charge in [-0.15, -0.1) is 11.3 Å². The van der Waals surface area contributed by atoms with Crippen LogP contribution >= 0.6 is 11.3 Å². The van der Waals surface area contributed by atoms with Crippen molar-refractivity contribution in [1.29, 1.82) is 0 Å². The molecule has 154 valence electrons. The van der Waals surface area contributed by atoms with Crippen LogP contribution in [0.2, 0.25) is 0 Å². The van der Waals surface area contributed by atoms with Crippen LogP contribution < -0.4 is 4.90 Å². The van der Waals surface area contributed by atoms with Crippen LogP contribution in [0.5, 0.6) is 0 Å². The first-order valence-corrected chi connectivity index (χ1v) is 11.3. The lowest BCUT2D eigenvalue weighted by atomic mass is 10.1. The number of anilines is 1. The zero-order valence-electron chi connectivity index (χ0n) is 17.3. The first-order valence-electron chi connectivity index (χ1n) is 10.4. The van der Waals surface area contributed by atoms with Crippen LogP contribution in [0.3, 0.4) is 0 Å². The molecular weight excluding hydrogens is 404 g/mol. The summed E-state index contributed by atoms with van der Waals surface area (Å²) in [5, 5.41) is 2.13. The van der Waals surface area contributed by atoms with Crippen molar-refractivity contribution in [3.05, 3.63) is 66.7 Å². The smallest absolute Gasteiger partial charge is 0.137 e. The first kappa shape index (κ1) is 18.5. The van der Waals surface area contributed by atoms with Crippen LogP contribution in [0.15, 0.2) is 66.7 Å². The maximum Gasteiger partial charge on any atom is 0.137 e. The lowest BCUT2D eigenvalue weighted by Crippen LogP contribution is -2.44. The number of imidazole rings is 1. The Morgan fingerprint density at radius 1 is 0.903 bits per heavy atom. The highest BCUT2D eigenvalue weighted by Gasteiger charge is 2.15. The third kappa shape index (κ3) is 3.26. The number of thiophene rings is 1. The Morgan fingerprint density at radius 3 is 2.58 bits per heavy atom. The van der Waals surface area contributed by atoms with E-state index >= 15 is 0 Å². The monoisotopic (exact) mass is 426 g/mol. The van der Waals surface area contributed by atoms with E-state index in [9.17, 15) is 0 Å². The second-order valence-corrected chi connectivity index (χ2v) is 8.92. The number of hydrogen-bond donors (Lipinski definition) is 0. The van der Waals surface area contributed by atoms with E-state index in [2.05, 4.69) is 84.2 Å². The van der Waals surface area contributed by atoms with Crippen molar-refractivity contribution in [2.75, 3.05) is 38.1 Å². The highest BCUT2D eigenvalue weighted by molar-refractivity contribution is 7.17. The second kappa shape index (κ2) is 7.44. The van der Waals surface area contributed by atoms with Crippen molar-refractivity contribution in [2.24, 2.45) is 0 Å². The van der Waals surface area contributed by atoms with Crippen molar-refractivity contribution in [3.63, 3.8) is 0 Å². The topological polar surface area (TPSA) is 49.6 Å². The summed E-state index contributed by atoms with van der Waals surface area (Å²) in [5.74, 6) is 0. The van der Waals surface area contributed by atoms with Crippen LogP contribution in [0.25, 0.3) is 38.2 Å². The molecule has 6 nitrogen and oxygen atoms in total. The molecule has 5 heterocycles. The number of piperazine rings is 1. The van der Waals surface area contributed by atoms with Gasteiger partial charge >= 0.3 is 0 Å². The Balaban J connectivity index is 1.31. The van der Waals surface area contributed by atoms with Gasteiger partial charge in [-0.3, -0.25) is 4.40 Å². The summed E-state index contributed by atoms with van der Waals surface area (Å²) in [4.78, 5) is 18.1. The molecule has 1 saturated heterocycles. The van der Waals surface area contributed by atoms with Crippen molar-refractivity contribution in [2.45, 2.75) is 0 Å². The van der Waals surface area contributed by atoms with Crippen LogP contribution in [0.4, 0.5) is 5.69 Å². The molecule has 7 heteroatoms. The minimum Gasteiger partial charge on any atom is -0.369 e. The molecule has 5 aromatic rings. The molecule has 6 rings (SSSR count). The summed E-state index contributed by atoms with van der Waals surface area (Å²) in [6.45, 7) is 4.40. The summed E-state index contributed by atoms with van der Waals surface area (Å²) in [5.41, 5.74) is 7.74. The molecule has 0 amide bonds. The van der Waals surface area contributed by atoms with Gasteiger partial charge in [0.2, 0.25) is 0 Å². The fraction of sp³-hybridized carbons (Fsp3) is 0.208. The highest BCUT2D eigenvalue weighted by atomic mass is 32.1. The quantitative estimate of drug-likeness (QED) is 0.427. The van der Waals surface area contributed by atoms with Gasteiger partial charge in [-0.2, -0.15) is 0 Å². The predicted molar refractivity (Wildman–Crippen MR) is 127 cm³/mol. The number of rotatable bonds is 3. The highest BCUT2D eigenvalue weighted by Crippen LogP contribution is 2.33. The molecule has 0 spiro atoms. The van der Waals surface area contributed by atoms with E-state index in [1.54, 1.807) is 17.7 Å². The van der Waals surface area contributed by atoms with Gasteiger partial charge < -0.3 is 9.80 Å². The maximum atomic E-state index is 4.68. The molecule has 4 aromatic heterocycles. The summed E-state index contributed by atoms with van der Waals surface area (Å²) < 4.78 is 3.22. The third-order valence-corrected chi connectivity index (χ3v) is 7.00. The molecule has 0 bridgehead atoms. The van der Waals surface area contributed by atoms with E-state index in [1.165, 1.54) is 16.8 Å².